The van der Waals surface area contributed by atoms with Gasteiger partial charge in [0.1, 0.15) is 6.10 Å². The molecule has 1 unspecified atom stereocenters. The van der Waals surface area contributed by atoms with Gasteiger partial charge >= 0.3 is 0 Å². The smallest absolute Gasteiger partial charge is 0.158 e. The first-order valence-corrected chi connectivity index (χ1v) is 13.5. The molecule has 0 bridgehead atoms. The van der Waals surface area contributed by atoms with Crippen LogP contribution in [0.1, 0.15) is 109 Å². The molecule has 0 spiro atoms. The minimum atomic E-state index is 0.306. The van der Waals surface area contributed by atoms with Gasteiger partial charge in [0.15, 0.2) is 5.82 Å². The van der Waals surface area contributed by atoms with Gasteiger partial charge in [0, 0.05) is 24.4 Å². The quantitative estimate of drug-likeness (QED) is 0.167. The molecule has 34 heavy (non-hydrogen) atoms. The summed E-state index contributed by atoms with van der Waals surface area (Å²) in [6, 6.07) is 0. The largest absolute Gasteiger partial charge is 0.497 e. The fraction of sp³-hybridized carbons (Fsp3) is 0.548. The topological polar surface area (TPSA) is 35.0 Å². The van der Waals surface area contributed by atoms with Crippen LogP contribution in [0.3, 0.4) is 0 Å². The fourth-order valence-corrected chi connectivity index (χ4v) is 4.50. The monoisotopic (exact) mass is 460 g/mol. The summed E-state index contributed by atoms with van der Waals surface area (Å²) in [5.74, 6) is 0.820. The summed E-state index contributed by atoms with van der Waals surface area (Å²) in [6.45, 7) is 6.61. The lowest BCUT2D eigenvalue weighted by molar-refractivity contribution is 0.131. The molecule has 0 N–H and O–H groups in total. The zero-order valence-electron chi connectivity index (χ0n) is 21.7. The molecule has 1 aromatic rings. The second kappa shape index (κ2) is 14.8. The molecule has 0 radical (unpaired) electrons. The zero-order valence-corrected chi connectivity index (χ0v) is 21.7. The third-order valence-electron chi connectivity index (χ3n) is 6.70. The van der Waals surface area contributed by atoms with E-state index in [0.717, 1.165) is 49.9 Å². The van der Waals surface area contributed by atoms with Crippen LogP contribution in [-0.4, -0.2) is 16.1 Å². The van der Waals surface area contributed by atoms with E-state index in [0.29, 0.717) is 6.10 Å². The van der Waals surface area contributed by atoms with Crippen molar-refractivity contribution < 1.29 is 4.74 Å². The Morgan fingerprint density at radius 2 is 1.79 bits per heavy atom. The molecule has 0 saturated carbocycles. The van der Waals surface area contributed by atoms with Gasteiger partial charge in [-0.3, -0.25) is 0 Å². The molecule has 1 atom stereocenters. The summed E-state index contributed by atoms with van der Waals surface area (Å²) < 4.78 is 6.11. The molecule has 2 aliphatic carbocycles. The van der Waals surface area contributed by atoms with Crippen molar-refractivity contribution in [1.29, 1.82) is 0 Å². The van der Waals surface area contributed by atoms with Crippen molar-refractivity contribution in [3.8, 4) is 0 Å². The number of aryl methyl sites for hydroxylation is 1. The highest BCUT2D eigenvalue weighted by molar-refractivity contribution is 5.72. The van der Waals surface area contributed by atoms with Crippen molar-refractivity contribution in [2.75, 3.05) is 0 Å². The van der Waals surface area contributed by atoms with Crippen molar-refractivity contribution >= 4 is 5.57 Å². The lowest BCUT2D eigenvalue weighted by atomic mass is 9.94. The van der Waals surface area contributed by atoms with E-state index in [-0.39, 0.29) is 0 Å². The average molecular weight is 461 g/mol. The maximum atomic E-state index is 6.11. The second-order valence-electron chi connectivity index (χ2n) is 10.0. The van der Waals surface area contributed by atoms with E-state index in [1.54, 1.807) is 5.57 Å². The number of unbranched alkanes of at least 4 members (excludes halogenated alkanes) is 5. The first kappa shape index (κ1) is 26.2. The minimum absolute atomic E-state index is 0.306. The summed E-state index contributed by atoms with van der Waals surface area (Å²) in [5.41, 5.74) is 6.56. The van der Waals surface area contributed by atoms with Gasteiger partial charge in [-0.25, -0.2) is 9.97 Å². The van der Waals surface area contributed by atoms with E-state index in [1.165, 1.54) is 61.7 Å². The van der Waals surface area contributed by atoms with Crippen molar-refractivity contribution in [1.82, 2.24) is 9.97 Å². The van der Waals surface area contributed by atoms with Gasteiger partial charge in [0.25, 0.3) is 0 Å². The van der Waals surface area contributed by atoms with E-state index in [9.17, 15) is 0 Å². The maximum absolute atomic E-state index is 6.11. The van der Waals surface area contributed by atoms with E-state index >= 15 is 0 Å². The number of allylic oxidation sites excluding steroid dienone is 8. The van der Waals surface area contributed by atoms with Crippen molar-refractivity contribution in [3.05, 3.63) is 77.1 Å². The molecule has 3 nitrogen and oxygen atoms in total. The highest BCUT2D eigenvalue weighted by atomic mass is 16.5. The number of rotatable bonds is 13. The van der Waals surface area contributed by atoms with Crippen molar-refractivity contribution in [2.45, 2.75) is 110 Å². The lowest BCUT2D eigenvalue weighted by Crippen LogP contribution is -2.13. The van der Waals surface area contributed by atoms with Gasteiger partial charge in [-0.1, -0.05) is 80.6 Å². The van der Waals surface area contributed by atoms with Gasteiger partial charge in [0.05, 0.1) is 6.26 Å². The van der Waals surface area contributed by atoms with Gasteiger partial charge in [-0.2, -0.15) is 0 Å². The number of nitrogens with zero attached hydrogens (tertiary/aromatic N) is 2. The van der Waals surface area contributed by atoms with Gasteiger partial charge in [-0.05, 0) is 69.9 Å². The molecule has 3 heteroatoms. The molecule has 3 rings (SSSR count). The Labute approximate surface area is 207 Å². The summed E-state index contributed by atoms with van der Waals surface area (Å²) >= 11 is 0. The molecule has 184 valence electrons. The number of hydrogen-bond acceptors (Lipinski definition) is 3. The summed E-state index contributed by atoms with van der Waals surface area (Å²) in [7, 11) is 0. The Kier molecular flexibility index (Phi) is 11.4. The predicted octanol–water partition coefficient (Wildman–Crippen LogP) is 8.85. The predicted molar refractivity (Wildman–Crippen MR) is 144 cm³/mol. The SMILES string of the molecule is CCCCCCCCc1cnc(C2=CCC(=COC3CC=C(CCC=C(C)C)CC3)C=C2)nc1. The highest BCUT2D eigenvalue weighted by Crippen LogP contribution is 2.26. The van der Waals surface area contributed by atoms with E-state index in [4.69, 9.17) is 4.74 Å². The van der Waals surface area contributed by atoms with Crippen LogP contribution < -0.4 is 0 Å². The zero-order chi connectivity index (χ0) is 24.0. The number of aromatic nitrogens is 2. The molecular formula is C31H44N2O. The van der Waals surface area contributed by atoms with Gasteiger partial charge < -0.3 is 4.74 Å². The number of hydrogen-bond donors (Lipinski definition) is 0. The molecule has 0 saturated heterocycles. The lowest BCUT2D eigenvalue weighted by Gasteiger charge is -2.22. The van der Waals surface area contributed by atoms with Crippen molar-refractivity contribution in [2.24, 2.45) is 0 Å². The Bertz CT molecular complexity index is 898. The fourth-order valence-electron chi connectivity index (χ4n) is 4.50. The molecular weight excluding hydrogens is 416 g/mol. The van der Waals surface area contributed by atoms with Crippen LogP contribution in [0.4, 0.5) is 0 Å². The molecule has 0 amide bonds. The van der Waals surface area contributed by atoms with Crippen LogP contribution in [0, 0.1) is 0 Å². The average Bonchev–Trinajstić information content (AvgIpc) is 2.86. The normalized spacial score (nSPS) is 19.0. The highest BCUT2D eigenvalue weighted by Gasteiger charge is 2.15. The maximum Gasteiger partial charge on any atom is 0.158 e. The van der Waals surface area contributed by atoms with Gasteiger partial charge in [0.2, 0.25) is 0 Å². The third-order valence-corrected chi connectivity index (χ3v) is 6.70. The Morgan fingerprint density at radius 3 is 2.47 bits per heavy atom. The summed E-state index contributed by atoms with van der Waals surface area (Å²) in [5, 5.41) is 0. The van der Waals surface area contributed by atoms with Crippen LogP contribution in [0.15, 0.2) is 65.8 Å². The van der Waals surface area contributed by atoms with Crippen LogP contribution in [0.25, 0.3) is 5.57 Å². The molecule has 0 fully saturated rings. The Balaban J connectivity index is 1.38. The molecule has 2 aliphatic rings. The van der Waals surface area contributed by atoms with Crippen LogP contribution >= 0.6 is 0 Å². The standard InChI is InChI=1S/C31H44N2O/c1-4-5-6-7-8-9-12-28-22-32-31(33-23-28)29-18-14-27(15-19-29)24-34-30-20-16-26(17-21-30)13-10-11-25(2)3/h11,14,16,18-19,22-24,30H,4-10,12-13,15,17,20-21H2,1-3H3. The van der Waals surface area contributed by atoms with Gasteiger partial charge in [-0.15, -0.1) is 0 Å². The van der Waals surface area contributed by atoms with E-state index in [2.05, 4.69) is 61.1 Å². The summed E-state index contributed by atoms with van der Waals surface area (Å²) in [4.78, 5) is 9.24. The summed E-state index contributed by atoms with van der Waals surface area (Å²) in [6.07, 6.45) is 33.0. The minimum Gasteiger partial charge on any atom is -0.497 e. The molecule has 1 heterocycles. The molecule has 0 aromatic carbocycles. The van der Waals surface area contributed by atoms with E-state index < -0.39 is 0 Å². The van der Waals surface area contributed by atoms with E-state index in [1.807, 2.05) is 18.7 Å². The molecule has 0 aliphatic heterocycles. The Morgan fingerprint density at radius 1 is 1.00 bits per heavy atom. The molecule has 1 aromatic heterocycles. The van der Waals surface area contributed by atoms with Crippen molar-refractivity contribution in [3.63, 3.8) is 0 Å². The first-order chi connectivity index (χ1) is 16.6. The van der Waals surface area contributed by atoms with Crippen LogP contribution in [-0.2, 0) is 11.2 Å². The second-order valence-corrected chi connectivity index (χ2v) is 10.0. The Hall–Kier alpha value is -2.42. The van der Waals surface area contributed by atoms with Crippen LogP contribution in [0.2, 0.25) is 0 Å². The third kappa shape index (κ3) is 9.44. The number of ether oxygens (including phenoxy) is 1. The van der Waals surface area contributed by atoms with Crippen LogP contribution in [0.5, 0.6) is 0 Å². The first-order valence-electron chi connectivity index (χ1n) is 13.5.